The van der Waals surface area contributed by atoms with Crippen LogP contribution >= 0.6 is 0 Å². The molecular formula is C10H18N4O. The largest absolute Gasteiger partial charge is 0.309 e. The molecule has 1 heterocycles. The predicted molar refractivity (Wildman–Crippen MR) is 59.7 cm³/mol. The molecule has 0 saturated carbocycles. The number of amides is 1. The lowest BCUT2D eigenvalue weighted by molar-refractivity contribution is -0.121. The summed E-state index contributed by atoms with van der Waals surface area (Å²) in [6.45, 7) is 5.54. The average Bonchev–Trinajstić information content (AvgIpc) is 2.45. The Morgan fingerprint density at radius 2 is 2.13 bits per heavy atom. The van der Waals surface area contributed by atoms with Gasteiger partial charge in [-0.3, -0.25) is 9.48 Å². The van der Waals surface area contributed by atoms with Crippen LogP contribution in [0.25, 0.3) is 0 Å². The summed E-state index contributed by atoms with van der Waals surface area (Å²) in [5.41, 5.74) is 0.299. The number of hydrogen-bond acceptors (Lipinski definition) is 3. The number of carbonyl (C=O) groups is 1. The van der Waals surface area contributed by atoms with Crippen molar-refractivity contribution in [1.82, 2.24) is 15.1 Å². The Morgan fingerprint density at radius 1 is 1.53 bits per heavy atom. The molecule has 5 nitrogen and oxygen atoms in total. The highest BCUT2D eigenvalue weighted by atomic mass is 16.2. The molecular weight excluding hydrogens is 192 g/mol. The van der Waals surface area contributed by atoms with Crippen LogP contribution in [0.1, 0.15) is 19.5 Å². The average molecular weight is 210 g/mol. The van der Waals surface area contributed by atoms with E-state index in [-0.39, 0.29) is 5.91 Å². The van der Waals surface area contributed by atoms with Gasteiger partial charge in [0, 0.05) is 13.1 Å². The summed E-state index contributed by atoms with van der Waals surface area (Å²) in [4.78, 5) is 11.8. The number of aryl methyl sites for hydroxylation is 2. The lowest BCUT2D eigenvalue weighted by Crippen LogP contribution is -2.48. The number of nitrogens with one attached hydrogen (secondary N) is 2. The zero-order chi connectivity index (χ0) is 11.6. The van der Waals surface area contributed by atoms with E-state index in [4.69, 9.17) is 0 Å². The van der Waals surface area contributed by atoms with Crippen LogP contribution in [-0.4, -0.2) is 28.3 Å². The molecule has 0 aliphatic rings. The number of aromatic nitrogens is 2. The molecule has 1 rings (SSSR count). The highest BCUT2D eigenvalue weighted by Crippen LogP contribution is 2.11. The summed E-state index contributed by atoms with van der Waals surface area (Å²) in [5.74, 6) is 0.633. The molecule has 15 heavy (non-hydrogen) atoms. The van der Waals surface area contributed by atoms with Crippen LogP contribution < -0.4 is 10.6 Å². The van der Waals surface area contributed by atoms with Gasteiger partial charge in [-0.1, -0.05) is 0 Å². The highest BCUT2D eigenvalue weighted by Gasteiger charge is 2.25. The van der Waals surface area contributed by atoms with E-state index in [2.05, 4.69) is 15.7 Å². The zero-order valence-electron chi connectivity index (χ0n) is 9.88. The van der Waals surface area contributed by atoms with E-state index in [1.165, 1.54) is 0 Å². The normalized spacial score (nSPS) is 11.5. The Labute approximate surface area is 89.9 Å². The summed E-state index contributed by atoms with van der Waals surface area (Å²) in [5, 5.41) is 9.92. The van der Waals surface area contributed by atoms with E-state index >= 15 is 0 Å². The van der Waals surface area contributed by atoms with Gasteiger partial charge in [-0.2, -0.15) is 5.10 Å². The summed E-state index contributed by atoms with van der Waals surface area (Å²) >= 11 is 0. The van der Waals surface area contributed by atoms with Gasteiger partial charge in [0.25, 0.3) is 0 Å². The van der Waals surface area contributed by atoms with Gasteiger partial charge >= 0.3 is 0 Å². The van der Waals surface area contributed by atoms with E-state index in [9.17, 15) is 4.79 Å². The number of hydrogen-bond donors (Lipinski definition) is 2. The number of likely N-dealkylation sites (N-methyl/N-ethyl adjacent to an activating group) is 1. The zero-order valence-corrected chi connectivity index (χ0v) is 9.88. The first kappa shape index (κ1) is 11.7. The first-order valence-corrected chi connectivity index (χ1v) is 4.88. The van der Waals surface area contributed by atoms with Crippen molar-refractivity contribution in [2.24, 2.45) is 7.05 Å². The fourth-order valence-electron chi connectivity index (χ4n) is 1.11. The van der Waals surface area contributed by atoms with Crippen molar-refractivity contribution in [3.8, 4) is 0 Å². The molecule has 0 spiro atoms. The van der Waals surface area contributed by atoms with Crippen molar-refractivity contribution in [2.45, 2.75) is 26.3 Å². The number of anilines is 1. The van der Waals surface area contributed by atoms with Crippen LogP contribution in [0.4, 0.5) is 5.82 Å². The van der Waals surface area contributed by atoms with Crippen molar-refractivity contribution in [2.75, 3.05) is 12.4 Å². The molecule has 0 aromatic carbocycles. The Bertz CT molecular complexity index is 367. The van der Waals surface area contributed by atoms with Gasteiger partial charge in [-0.15, -0.1) is 0 Å². The third kappa shape index (κ3) is 2.56. The summed E-state index contributed by atoms with van der Waals surface area (Å²) in [6.07, 6.45) is 0. The van der Waals surface area contributed by atoms with Gasteiger partial charge < -0.3 is 10.6 Å². The summed E-state index contributed by atoms with van der Waals surface area (Å²) in [6, 6.07) is 1.84. The molecule has 0 atom stereocenters. The maximum Gasteiger partial charge on any atom is 0.245 e. The van der Waals surface area contributed by atoms with Crippen LogP contribution in [-0.2, 0) is 11.8 Å². The van der Waals surface area contributed by atoms with E-state index in [0.29, 0.717) is 5.82 Å². The SMILES string of the molecule is CNC(C)(C)C(=O)Nc1cc(C)nn1C. The minimum atomic E-state index is -0.585. The molecule has 0 bridgehead atoms. The first-order valence-electron chi connectivity index (χ1n) is 4.88. The molecule has 0 saturated heterocycles. The Balaban J connectivity index is 2.79. The lowest BCUT2D eigenvalue weighted by Gasteiger charge is -2.22. The monoisotopic (exact) mass is 210 g/mol. The molecule has 1 amide bonds. The van der Waals surface area contributed by atoms with Gasteiger partial charge in [0.1, 0.15) is 5.82 Å². The van der Waals surface area contributed by atoms with E-state index in [0.717, 1.165) is 5.69 Å². The Kier molecular flexibility index (Phi) is 3.14. The molecule has 0 radical (unpaired) electrons. The molecule has 84 valence electrons. The van der Waals surface area contributed by atoms with Crippen LogP contribution in [0.2, 0.25) is 0 Å². The number of rotatable bonds is 3. The maximum atomic E-state index is 11.8. The predicted octanol–water partition coefficient (Wildman–Crippen LogP) is 0.665. The topological polar surface area (TPSA) is 59.0 Å². The number of carbonyl (C=O) groups excluding carboxylic acids is 1. The van der Waals surface area contributed by atoms with Crippen molar-refractivity contribution < 1.29 is 4.79 Å². The summed E-state index contributed by atoms with van der Waals surface area (Å²) < 4.78 is 1.65. The van der Waals surface area contributed by atoms with Crippen LogP contribution in [0.5, 0.6) is 0 Å². The van der Waals surface area contributed by atoms with E-state index < -0.39 is 5.54 Å². The van der Waals surface area contributed by atoms with Crippen LogP contribution in [0.15, 0.2) is 6.07 Å². The second-order valence-electron chi connectivity index (χ2n) is 4.12. The van der Waals surface area contributed by atoms with Gasteiger partial charge in [0.2, 0.25) is 5.91 Å². The molecule has 5 heteroatoms. The fourth-order valence-corrected chi connectivity index (χ4v) is 1.11. The Hall–Kier alpha value is -1.36. The minimum Gasteiger partial charge on any atom is -0.309 e. The lowest BCUT2D eigenvalue weighted by atomic mass is 10.1. The second-order valence-corrected chi connectivity index (χ2v) is 4.12. The minimum absolute atomic E-state index is 0.0759. The van der Waals surface area contributed by atoms with E-state index in [1.807, 2.05) is 26.8 Å². The molecule has 0 unspecified atom stereocenters. The molecule has 1 aromatic heterocycles. The number of nitrogens with zero attached hydrogens (tertiary/aromatic N) is 2. The Morgan fingerprint density at radius 3 is 2.53 bits per heavy atom. The molecule has 2 N–H and O–H groups in total. The second kappa shape index (κ2) is 4.02. The summed E-state index contributed by atoms with van der Waals surface area (Å²) in [7, 11) is 3.56. The third-order valence-electron chi connectivity index (χ3n) is 2.44. The van der Waals surface area contributed by atoms with Crippen molar-refractivity contribution in [3.63, 3.8) is 0 Å². The smallest absolute Gasteiger partial charge is 0.245 e. The van der Waals surface area contributed by atoms with Gasteiger partial charge in [-0.05, 0) is 27.8 Å². The standard InChI is InChI=1S/C10H18N4O/c1-7-6-8(14(5)13-7)12-9(15)10(2,3)11-4/h6,11H,1-5H3,(H,12,15). The van der Waals surface area contributed by atoms with E-state index in [1.54, 1.807) is 18.8 Å². The molecule has 1 aromatic rings. The van der Waals surface area contributed by atoms with Gasteiger partial charge in [0.05, 0.1) is 11.2 Å². The quantitative estimate of drug-likeness (QED) is 0.770. The molecule has 0 aliphatic heterocycles. The fraction of sp³-hybridized carbons (Fsp3) is 0.600. The van der Waals surface area contributed by atoms with Gasteiger partial charge in [0.15, 0.2) is 0 Å². The van der Waals surface area contributed by atoms with Gasteiger partial charge in [-0.25, -0.2) is 0 Å². The third-order valence-corrected chi connectivity index (χ3v) is 2.44. The van der Waals surface area contributed by atoms with Crippen molar-refractivity contribution in [3.05, 3.63) is 11.8 Å². The van der Waals surface area contributed by atoms with Crippen molar-refractivity contribution in [1.29, 1.82) is 0 Å². The van der Waals surface area contributed by atoms with Crippen LogP contribution in [0, 0.1) is 6.92 Å². The van der Waals surface area contributed by atoms with Crippen LogP contribution in [0.3, 0.4) is 0 Å². The highest BCUT2D eigenvalue weighted by molar-refractivity contribution is 5.96. The van der Waals surface area contributed by atoms with Crippen molar-refractivity contribution >= 4 is 11.7 Å². The maximum absolute atomic E-state index is 11.8. The molecule has 0 aliphatic carbocycles. The first-order chi connectivity index (χ1) is 6.86. The molecule has 0 fully saturated rings.